The minimum Gasteiger partial charge on any atom is -0.455 e. The van der Waals surface area contributed by atoms with Crippen molar-refractivity contribution in [1.82, 2.24) is 0 Å². The molecule has 0 N–H and O–H groups in total. The Morgan fingerprint density at radius 3 is 2.67 bits per heavy atom. The van der Waals surface area contributed by atoms with Crippen LogP contribution in [0.3, 0.4) is 0 Å². The SMILES string of the molecule is c1ccc2c(c1)CC(c1cc3ccccc3o1)=N2. The smallest absolute Gasteiger partial charge is 0.149 e. The van der Waals surface area contributed by atoms with E-state index in [4.69, 9.17) is 4.42 Å². The number of rotatable bonds is 1. The van der Waals surface area contributed by atoms with Crippen LogP contribution in [0.4, 0.5) is 5.69 Å². The van der Waals surface area contributed by atoms with Crippen LogP contribution in [0, 0.1) is 0 Å². The summed E-state index contributed by atoms with van der Waals surface area (Å²) in [5.74, 6) is 0.882. The first-order valence-corrected chi connectivity index (χ1v) is 6.04. The third-order valence-corrected chi connectivity index (χ3v) is 3.31. The van der Waals surface area contributed by atoms with E-state index in [-0.39, 0.29) is 0 Å². The van der Waals surface area contributed by atoms with Crippen LogP contribution in [0.2, 0.25) is 0 Å². The van der Waals surface area contributed by atoms with Gasteiger partial charge in [-0.1, -0.05) is 36.4 Å². The highest BCUT2D eigenvalue weighted by Crippen LogP contribution is 2.30. The van der Waals surface area contributed by atoms with Crippen molar-refractivity contribution < 1.29 is 4.42 Å². The summed E-state index contributed by atoms with van der Waals surface area (Å²) in [5.41, 5.74) is 4.28. The predicted molar refractivity (Wildman–Crippen MR) is 72.6 cm³/mol. The number of hydrogen-bond donors (Lipinski definition) is 0. The van der Waals surface area contributed by atoms with Crippen molar-refractivity contribution in [3.63, 3.8) is 0 Å². The molecular weight excluding hydrogens is 222 g/mol. The lowest BCUT2D eigenvalue weighted by molar-refractivity contribution is 0.604. The Bertz CT molecular complexity index is 734. The van der Waals surface area contributed by atoms with Crippen molar-refractivity contribution in [2.24, 2.45) is 4.99 Å². The van der Waals surface area contributed by atoms with Crippen LogP contribution < -0.4 is 0 Å². The Kier molecular flexibility index (Phi) is 1.92. The number of fused-ring (bicyclic) bond motifs is 2. The molecule has 86 valence electrons. The summed E-state index contributed by atoms with van der Waals surface area (Å²) in [5, 5.41) is 1.13. The molecule has 0 saturated heterocycles. The van der Waals surface area contributed by atoms with Gasteiger partial charge in [0.15, 0.2) is 0 Å². The lowest BCUT2D eigenvalue weighted by atomic mass is 10.1. The highest BCUT2D eigenvalue weighted by atomic mass is 16.3. The number of furan rings is 1. The Labute approximate surface area is 105 Å². The van der Waals surface area contributed by atoms with Crippen molar-refractivity contribution in [2.45, 2.75) is 6.42 Å². The highest BCUT2D eigenvalue weighted by molar-refractivity contribution is 6.06. The second-order valence-corrected chi connectivity index (χ2v) is 4.51. The van der Waals surface area contributed by atoms with Gasteiger partial charge in [-0.15, -0.1) is 0 Å². The van der Waals surface area contributed by atoms with Gasteiger partial charge in [0.2, 0.25) is 0 Å². The number of benzene rings is 2. The zero-order valence-corrected chi connectivity index (χ0v) is 9.76. The lowest BCUT2D eigenvalue weighted by Gasteiger charge is -1.93. The van der Waals surface area contributed by atoms with E-state index in [1.54, 1.807) is 0 Å². The molecule has 1 aliphatic heterocycles. The van der Waals surface area contributed by atoms with E-state index in [1.807, 2.05) is 30.3 Å². The van der Waals surface area contributed by atoms with Gasteiger partial charge in [0, 0.05) is 11.8 Å². The maximum absolute atomic E-state index is 5.85. The van der Waals surface area contributed by atoms with Gasteiger partial charge in [-0.2, -0.15) is 0 Å². The van der Waals surface area contributed by atoms with Crippen LogP contribution in [-0.2, 0) is 6.42 Å². The largest absolute Gasteiger partial charge is 0.455 e. The average molecular weight is 233 g/mol. The van der Waals surface area contributed by atoms with Crippen molar-refractivity contribution in [3.8, 4) is 0 Å². The normalized spacial score (nSPS) is 13.7. The minimum atomic E-state index is 0.857. The first-order valence-electron chi connectivity index (χ1n) is 6.04. The van der Waals surface area contributed by atoms with Gasteiger partial charge in [-0.05, 0) is 23.8 Å². The molecule has 3 aromatic rings. The molecule has 18 heavy (non-hydrogen) atoms. The third-order valence-electron chi connectivity index (χ3n) is 3.31. The van der Waals surface area contributed by atoms with Gasteiger partial charge in [-0.3, -0.25) is 0 Å². The van der Waals surface area contributed by atoms with Gasteiger partial charge in [0.25, 0.3) is 0 Å². The van der Waals surface area contributed by atoms with Gasteiger partial charge < -0.3 is 4.42 Å². The summed E-state index contributed by atoms with van der Waals surface area (Å²) >= 11 is 0. The Hall–Kier alpha value is -2.35. The van der Waals surface area contributed by atoms with Crippen molar-refractivity contribution >= 4 is 22.4 Å². The summed E-state index contributed by atoms with van der Waals surface area (Å²) in [7, 11) is 0. The van der Waals surface area contributed by atoms with E-state index < -0.39 is 0 Å². The topological polar surface area (TPSA) is 25.5 Å². The Morgan fingerprint density at radius 2 is 1.78 bits per heavy atom. The Morgan fingerprint density at radius 1 is 0.944 bits per heavy atom. The van der Waals surface area contributed by atoms with E-state index in [2.05, 4.69) is 29.3 Å². The summed E-state index contributed by atoms with van der Waals surface area (Å²) in [6.07, 6.45) is 0.857. The fourth-order valence-corrected chi connectivity index (χ4v) is 2.40. The molecule has 0 spiro atoms. The van der Waals surface area contributed by atoms with Gasteiger partial charge >= 0.3 is 0 Å². The average Bonchev–Trinajstić information content (AvgIpc) is 3.02. The van der Waals surface area contributed by atoms with Crippen LogP contribution in [0.5, 0.6) is 0 Å². The summed E-state index contributed by atoms with van der Waals surface area (Å²) in [6, 6.07) is 18.4. The monoisotopic (exact) mass is 233 g/mol. The molecular formula is C16H11NO. The molecule has 0 radical (unpaired) electrons. The molecule has 0 unspecified atom stereocenters. The zero-order chi connectivity index (χ0) is 11.9. The first kappa shape index (κ1) is 9.66. The van der Waals surface area contributed by atoms with Crippen LogP contribution in [-0.4, -0.2) is 5.71 Å². The van der Waals surface area contributed by atoms with E-state index >= 15 is 0 Å². The summed E-state index contributed by atoms with van der Waals surface area (Å²) in [4.78, 5) is 4.64. The van der Waals surface area contributed by atoms with E-state index in [0.717, 1.165) is 34.5 Å². The molecule has 2 aromatic carbocycles. The van der Waals surface area contributed by atoms with Crippen molar-refractivity contribution in [1.29, 1.82) is 0 Å². The molecule has 2 nitrogen and oxygen atoms in total. The summed E-state index contributed by atoms with van der Waals surface area (Å²) in [6.45, 7) is 0. The van der Waals surface area contributed by atoms with Crippen LogP contribution in [0.1, 0.15) is 11.3 Å². The second kappa shape index (κ2) is 3.57. The van der Waals surface area contributed by atoms with Crippen LogP contribution in [0.25, 0.3) is 11.0 Å². The quantitative estimate of drug-likeness (QED) is 0.621. The van der Waals surface area contributed by atoms with Gasteiger partial charge in [0.05, 0.1) is 11.4 Å². The molecule has 2 heteroatoms. The standard InChI is InChI=1S/C16H11NO/c1-3-7-13-11(5-1)9-14(17-13)16-10-12-6-2-4-8-15(12)18-16/h1-8,10H,9H2. The third kappa shape index (κ3) is 1.39. The molecule has 1 aromatic heterocycles. The molecule has 4 rings (SSSR count). The minimum absolute atomic E-state index is 0.857. The van der Waals surface area contributed by atoms with E-state index in [1.165, 1.54) is 5.56 Å². The fourth-order valence-electron chi connectivity index (χ4n) is 2.40. The first-order chi connectivity index (χ1) is 8.90. The molecule has 1 aliphatic rings. The number of aliphatic imine (C=N–C) groups is 1. The van der Waals surface area contributed by atoms with E-state index in [9.17, 15) is 0 Å². The number of para-hydroxylation sites is 2. The fraction of sp³-hybridized carbons (Fsp3) is 0.0625. The molecule has 0 bridgehead atoms. The maximum atomic E-state index is 5.85. The second-order valence-electron chi connectivity index (χ2n) is 4.51. The molecule has 0 saturated carbocycles. The van der Waals surface area contributed by atoms with Crippen LogP contribution >= 0.6 is 0 Å². The molecule has 2 heterocycles. The highest BCUT2D eigenvalue weighted by Gasteiger charge is 2.18. The van der Waals surface area contributed by atoms with Crippen molar-refractivity contribution in [2.75, 3.05) is 0 Å². The number of hydrogen-bond acceptors (Lipinski definition) is 2. The Balaban J connectivity index is 1.82. The lowest BCUT2D eigenvalue weighted by Crippen LogP contribution is -1.97. The summed E-state index contributed by atoms with van der Waals surface area (Å²) < 4.78 is 5.85. The molecule has 0 atom stereocenters. The zero-order valence-electron chi connectivity index (χ0n) is 9.76. The number of nitrogens with zero attached hydrogens (tertiary/aromatic N) is 1. The predicted octanol–water partition coefficient (Wildman–Crippen LogP) is 4.11. The van der Waals surface area contributed by atoms with Crippen molar-refractivity contribution in [3.05, 3.63) is 65.9 Å². The molecule has 0 aliphatic carbocycles. The van der Waals surface area contributed by atoms with E-state index in [0.29, 0.717) is 0 Å². The van der Waals surface area contributed by atoms with Crippen LogP contribution in [0.15, 0.2) is 64.0 Å². The molecule has 0 amide bonds. The van der Waals surface area contributed by atoms with Gasteiger partial charge in [-0.25, -0.2) is 4.99 Å². The molecule has 0 fully saturated rings. The maximum Gasteiger partial charge on any atom is 0.149 e. The van der Waals surface area contributed by atoms with Gasteiger partial charge in [0.1, 0.15) is 11.3 Å².